The number of benzene rings is 4. The monoisotopic (exact) mass is 586 g/mol. The first kappa shape index (κ1) is 27.5. The molecule has 44 heavy (non-hydrogen) atoms. The third-order valence-corrected chi connectivity index (χ3v) is 9.17. The van der Waals surface area contributed by atoms with Crippen molar-refractivity contribution in [1.29, 1.82) is 0 Å². The van der Waals surface area contributed by atoms with Crippen LogP contribution in [0.4, 0.5) is 5.69 Å². The van der Waals surface area contributed by atoms with Gasteiger partial charge in [-0.05, 0) is 71.3 Å². The van der Waals surface area contributed by atoms with Gasteiger partial charge < -0.3 is 24.4 Å². The normalized spacial score (nSPS) is 22.6. The number of carbonyl (C=O) groups is 3. The molecule has 4 aromatic rings. The number of hydrogen-bond donors (Lipinski definition) is 1. The highest BCUT2D eigenvalue weighted by Crippen LogP contribution is 2.62. The molecule has 0 radical (unpaired) electrons. The van der Waals surface area contributed by atoms with Crippen molar-refractivity contribution in [3.63, 3.8) is 0 Å². The minimum Gasteiger partial charge on any atom is -0.497 e. The summed E-state index contributed by atoms with van der Waals surface area (Å²) < 4.78 is 16.4. The Morgan fingerprint density at radius 3 is 2.25 bits per heavy atom. The average Bonchev–Trinajstić information content (AvgIpc) is 3.55. The summed E-state index contributed by atoms with van der Waals surface area (Å²) in [5.74, 6) is -0.686. The summed E-state index contributed by atoms with van der Waals surface area (Å²) in [6.07, 6.45) is 3.78. The molecule has 0 unspecified atom stereocenters. The standard InChI is InChI=1S/C36H30N2O6/c1-42-23-14-12-22(13-15-23)32(39)30-31(33(40)26-20-24(43-2)16-17-29(26)44-3)38-19-18-21-8-4-5-9-25(21)34(38)36(30)27-10-6-7-11-28(27)37-35(36)41/h4-20,30-31,34H,1-3H3,(H,37,41)/t30-,31+,34+,36-/m0/s1. The van der Waals surface area contributed by atoms with Gasteiger partial charge in [-0.15, -0.1) is 0 Å². The molecule has 1 amide bonds. The zero-order chi connectivity index (χ0) is 30.6. The molecule has 8 nitrogen and oxygen atoms in total. The molecule has 220 valence electrons. The summed E-state index contributed by atoms with van der Waals surface area (Å²) in [4.78, 5) is 46.4. The Morgan fingerprint density at radius 1 is 0.795 bits per heavy atom. The van der Waals surface area contributed by atoms with Crippen LogP contribution in [-0.4, -0.2) is 49.7 Å². The number of methoxy groups -OCH3 is 3. The van der Waals surface area contributed by atoms with Crippen molar-refractivity contribution in [3.05, 3.63) is 125 Å². The van der Waals surface area contributed by atoms with Gasteiger partial charge in [0.1, 0.15) is 28.7 Å². The number of para-hydroxylation sites is 1. The molecule has 1 saturated heterocycles. The number of nitrogens with one attached hydrogen (secondary N) is 1. The minimum atomic E-state index is -1.43. The van der Waals surface area contributed by atoms with Gasteiger partial charge in [-0.3, -0.25) is 14.4 Å². The number of ether oxygens (including phenoxy) is 3. The lowest BCUT2D eigenvalue weighted by Crippen LogP contribution is -2.49. The van der Waals surface area contributed by atoms with Crippen molar-refractivity contribution in [2.24, 2.45) is 5.92 Å². The molecule has 1 spiro atoms. The number of carbonyl (C=O) groups excluding carboxylic acids is 3. The highest BCUT2D eigenvalue weighted by Gasteiger charge is 2.70. The third-order valence-electron chi connectivity index (χ3n) is 9.17. The van der Waals surface area contributed by atoms with Crippen LogP contribution in [0.2, 0.25) is 0 Å². The topological polar surface area (TPSA) is 94.2 Å². The van der Waals surface area contributed by atoms with Gasteiger partial charge in [0.25, 0.3) is 0 Å². The fraction of sp³-hybridized carbons (Fsp3) is 0.194. The van der Waals surface area contributed by atoms with Gasteiger partial charge in [0.15, 0.2) is 11.6 Å². The Labute approximate surface area is 254 Å². The summed E-state index contributed by atoms with van der Waals surface area (Å²) >= 11 is 0. The van der Waals surface area contributed by atoms with E-state index in [1.807, 2.05) is 65.7 Å². The largest absolute Gasteiger partial charge is 0.497 e. The van der Waals surface area contributed by atoms with Crippen molar-refractivity contribution in [1.82, 2.24) is 4.90 Å². The van der Waals surface area contributed by atoms with Gasteiger partial charge in [0, 0.05) is 17.5 Å². The van der Waals surface area contributed by atoms with Crippen molar-refractivity contribution in [2.75, 3.05) is 26.6 Å². The van der Waals surface area contributed by atoms with Gasteiger partial charge in [-0.1, -0.05) is 42.5 Å². The second-order valence-electron chi connectivity index (χ2n) is 11.1. The van der Waals surface area contributed by atoms with E-state index in [1.54, 1.807) is 49.6 Å². The first-order chi connectivity index (χ1) is 21.4. The van der Waals surface area contributed by atoms with E-state index in [-0.39, 0.29) is 23.0 Å². The van der Waals surface area contributed by atoms with Gasteiger partial charge >= 0.3 is 0 Å². The quantitative estimate of drug-likeness (QED) is 0.278. The van der Waals surface area contributed by atoms with E-state index in [1.165, 1.54) is 14.2 Å². The maximum absolute atomic E-state index is 15.0. The summed E-state index contributed by atoms with van der Waals surface area (Å²) in [5, 5.41) is 3.07. The maximum atomic E-state index is 15.0. The lowest BCUT2D eigenvalue weighted by atomic mass is 9.62. The molecule has 3 aliphatic rings. The summed E-state index contributed by atoms with van der Waals surface area (Å²) in [6, 6.07) is 25.4. The predicted molar refractivity (Wildman–Crippen MR) is 165 cm³/mol. The number of ketones is 2. The second-order valence-corrected chi connectivity index (χ2v) is 11.1. The highest BCUT2D eigenvalue weighted by atomic mass is 16.5. The zero-order valence-corrected chi connectivity index (χ0v) is 24.4. The molecule has 3 aliphatic heterocycles. The summed E-state index contributed by atoms with van der Waals surface area (Å²) in [6.45, 7) is 0. The van der Waals surface area contributed by atoms with Gasteiger partial charge in [0.2, 0.25) is 5.91 Å². The molecule has 8 heteroatoms. The maximum Gasteiger partial charge on any atom is 0.238 e. The number of nitrogens with zero attached hydrogens (tertiary/aromatic N) is 1. The number of amides is 1. The Morgan fingerprint density at radius 2 is 1.50 bits per heavy atom. The van der Waals surface area contributed by atoms with E-state index in [0.717, 1.165) is 11.1 Å². The van der Waals surface area contributed by atoms with Gasteiger partial charge in [-0.2, -0.15) is 0 Å². The first-order valence-corrected chi connectivity index (χ1v) is 14.3. The van der Waals surface area contributed by atoms with Crippen LogP contribution in [0, 0.1) is 5.92 Å². The molecule has 7 rings (SSSR count). The molecule has 1 fully saturated rings. The second kappa shape index (κ2) is 10.4. The first-order valence-electron chi connectivity index (χ1n) is 14.3. The van der Waals surface area contributed by atoms with E-state index in [4.69, 9.17) is 14.2 Å². The number of rotatable bonds is 7. The summed E-state index contributed by atoms with van der Waals surface area (Å²) in [5.41, 5.74) is 2.31. The third kappa shape index (κ3) is 3.80. The fourth-order valence-corrected chi connectivity index (χ4v) is 7.27. The molecule has 1 N–H and O–H groups in total. The SMILES string of the molecule is COc1ccc(C(=O)[C@@H]2[C@H](C(=O)c3cc(OC)ccc3OC)N3C=Cc4ccccc4[C@@H]3[C@@]23C(=O)Nc2ccccc23)cc1. The van der Waals surface area contributed by atoms with Crippen molar-refractivity contribution in [2.45, 2.75) is 17.5 Å². The average molecular weight is 587 g/mol. The van der Waals surface area contributed by atoms with Crippen LogP contribution in [0.15, 0.2) is 97.2 Å². The Hall–Kier alpha value is -5.37. The molecular weight excluding hydrogens is 556 g/mol. The van der Waals surface area contributed by atoms with Crippen molar-refractivity contribution < 1.29 is 28.6 Å². The van der Waals surface area contributed by atoms with Crippen LogP contribution in [0.25, 0.3) is 6.08 Å². The number of anilines is 1. The van der Waals surface area contributed by atoms with E-state index in [0.29, 0.717) is 34.1 Å². The number of Topliss-reactive ketones (excluding diaryl/α,β-unsaturated/α-hetero) is 2. The Balaban J connectivity index is 1.53. The molecular formula is C36H30N2O6. The smallest absolute Gasteiger partial charge is 0.238 e. The van der Waals surface area contributed by atoms with Gasteiger partial charge in [0.05, 0.1) is 38.9 Å². The molecule has 0 aliphatic carbocycles. The van der Waals surface area contributed by atoms with Crippen molar-refractivity contribution >= 4 is 29.2 Å². The molecule has 0 bridgehead atoms. The van der Waals surface area contributed by atoms with Crippen LogP contribution >= 0.6 is 0 Å². The van der Waals surface area contributed by atoms with E-state index in [9.17, 15) is 14.4 Å². The summed E-state index contributed by atoms with van der Waals surface area (Å²) in [7, 11) is 4.58. The zero-order valence-electron chi connectivity index (χ0n) is 24.4. The van der Waals surface area contributed by atoms with E-state index in [2.05, 4.69) is 5.32 Å². The van der Waals surface area contributed by atoms with Crippen LogP contribution in [-0.2, 0) is 10.2 Å². The van der Waals surface area contributed by atoms with Crippen LogP contribution in [0.5, 0.6) is 17.2 Å². The number of fused-ring (bicyclic) bond motifs is 6. The molecule has 4 aromatic carbocycles. The molecule has 0 saturated carbocycles. The Kier molecular flexibility index (Phi) is 6.50. The van der Waals surface area contributed by atoms with Crippen LogP contribution in [0.1, 0.15) is 43.4 Å². The van der Waals surface area contributed by atoms with Gasteiger partial charge in [-0.25, -0.2) is 0 Å². The minimum absolute atomic E-state index is 0.263. The lowest BCUT2D eigenvalue weighted by molar-refractivity contribution is -0.122. The van der Waals surface area contributed by atoms with Crippen LogP contribution < -0.4 is 19.5 Å². The van der Waals surface area contributed by atoms with Crippen molar-refractivity contribution in [3.8, 4) is 17.2 Å². The van der Waals surface area contributed by atoms with Crippen LogP contribution in [0.3, 0.4) is 0 Å². The van der Waals surface area contributed by atoms with E-state index >= 15 is 0 Å². The van der Waals surface area contributed by atoms with E-state index < -0.39 is 23.4 Å². The highest BCUT2D eigenvalue weighted by molar-refractivity contribution is 6.17. The Bertz CT molecular complexity index is 1850. The fourth-order valence-electron chi connectivity index (χ4n) is 7.27. The molecule has 4 atom stereocenters. The number of hydrogen-bond acceptors (Lipinski definition) is 7. The molecule has 3 heterocycles. The molecule has 0 aromatic heterocycles. The predicted octanol–water partition coefficient (Wildman–Crippen LogP) is 5.69. The lowest BCUT2D eigenvalue weighted by Gasteiger charge is -2.38.